The number of hydrogen-bond donors (Lipinski definition) is 1. The van der Waals surface area contributed by atoms with Crippen molar-refractivity contribution >= 4 is 17.4 Å². The van der Waals surface area contributed by atoms with Crippen LogP contribution in [0.1, 0.15) is 28.5 Å². The van der Waals surface area contributed by atoms with Crippen LogP contribution in [0.2, 0.25) is 0 Å². The van der Waals surface area contributed by atoms with Crippen molar-refractivity contribution in [3.63, 3.8) is 0 Å². The fraction of sp³-hybridized carbons (Fsp3) is 0.444. The predicted octanol–water partition coefficient (Wildman–Crippen LogP) is 2.55. The van der Waals surface area contributed by atoms with Crippen LogP contribution < -0.4 is 10.9 Å². The molecule has 0 spiro atoms. The lowest BCUT2D eigenvalue weighted by molar-refractivity contribution is 0.131. The van der Waals surface area contributed by atoms with Crippen LogP contribution in [0.5, 0.6) is 0 Å². The second kappa shape index (κ2) is 6.09. The van der Waals surface area contributed by atoms with Crippen molar-refractivity contribution < 1.29 is 4.79 Å². The molecule has 1 fully saturated rings. The van der Waals surface area contributed by atoms with Gasteiger partial charge in [-0.25, -0.2) is 4.79 Å². The third-order valence-electron chi connectivity index (χ3n) is 4.97. The highest BCUT2D eigenvalue weighted by atomic mass is 32.1. The molecule has 6 heteroatoms. The summed E-state index contributed by atoms with van der Waals surface area (Å²) < 4.78 is 1.89. The number of aromatic nitrogens is 1. The van der Waals surface area contributed by atoms with E-state index in [4.69, 9.17) is 0 Å². The van der Waals surface area contributed by atoms with Crippen molar-refractivity contribution in [1.82, 2.24) is 14.8 Å². The van der Waals surface area contributed by atoms with Crippen LogP contribution in [0.3, 0.4) is 0 Å². The molecular weight excluding hydrogens is 322 g/mol. The Morgan fingerprint density at radius 2 is 2.21 bits per heavy atom. The lowest BCUT2D eigenvalue weighted by Gasteiger charge is -2.42. The van der Waals surface area contributed by atoms with Gasteiger partial charge in [0.15, 0.2) is 0 Å². The van der Waals surface area contributed by atoms with E-state index in [1.807, 2.05) is 21.6 Å². The van der Waals surface area contributed by atoms with Gasteiger partial charge in [-0.05, 0) is 42.3 Å². The van der Waals surface area contributed by atoms with E-state index in [9.17, 15) is 9.59 Å². The van der Waals surface area contributed by atoms with Gasteiger partial charge in [0, 0.05) is 42.2 Å². The third kappa shape index (κ3) is 2.86. The molecule has 5 nitrogen and oxygen atoms in total. The number of pyridine rings is 1. The number of piperidine rings is 1. The van der Waals surface area contributed by atoms with E-state index in [1.165, 1.54) is 10.4 Å². The molecule has 1 saturated heterocycles. The Bertz CT molecular complexity index is 826. The number of hydrogen-bond acceptors (Lipinski definition) is 3. The minimum atomic E-state index is 0.00230. The number of fused-ring (bicyclic) bond motifs is 4. The number of amides is 2. The van der Waals surface area contributed by atoms with Gasteiger partial charge in [0.25, 0.3) is 5.56 Å². The van der Waals surface area contributed by atoms with Crippen molar-refractivity contribution in [2.45, 2.75) is 32.4 Å². The maximum atomic E-state index is 12.5. The number of aryl methyl sites for hydroxylation is 1. The average molecular weight is 343 g/mol. The molecule has 4 heterocycles. The molecule has 2 atom stereocenters. The first-order valence-corrected chi connectivity index (χ1v) is 9.24. The van der Waals surface area contributed by atoms with Crippen LogP contribution in [-0.4, -0.2) is 28.6 Å². The molecule has 0 radical (unpaired) electrons. The lowest BCUT2D eigenvalue weighted by atomic mass is 9.83. The highest BCUT2D eigenvalue weighted by Crippen LogP contribution is 2.34. The Morgan fingerprint density at radius 3 is 3.00 bits per heavy atom. The minimum absolute atomic E-state index is 0.00230. The normalized spacial score (nSPS) is 22.1. The smallest absolute Gasteiger partial charge is 0.317 e. The van der Waals surface area contributed by atoms with E-state index in [0.717, 1.165) is 25.2 Å². The van der Waals surface area contributed by atoms with Gasteiger partial charge in [-0.2, -0.15) is 0 Å². The molecule has 2 aromatic heterocycles. The Hall–Kier alpha value is -2.08. The third-order valence-corrected chi connectivity index (χ3v) is 6.02. The first-order chi connectivity index (χ1) is 11.6. The minimum Gasteiger partial charge on any atom is -0.333 e. The van der Waals surface area contributed by atoms with Gasteiger partial charge in [-0.15, -0.1) is 11.3 Å². The quantitative estimate of drug-likeness (QED) is 0.911. The van der Waals surface area contributed by atoms with E-state index < -0.39 is 0 Å². The number of thiophene rings is 1. The molecule has 2 amide bonds. The molecule has 0 aliphatic carbocycles. The summed E-state index contributed by atoms with van der Waals surface area (Å²) >= 11 is 1.68. The molecule has 1 N–H and O–H groups in total. The van der Waals surface area contributed by atoms with Crippen molar-refractivity contribution in [3.05, 3.63) is 56.1 Å². The van der Waals surface area contributed by atoms with Crippen molar-refractivity contribution in [2.24, 2.45) is 5.92 Å². The van der Waals surface area contributed by atoms with Gasteiger partial charge < -0.3 is 14.8 Å². The Balaban J connectivity index is 1.45. The highest BCUT2D eigenvalue weighted by Gasteiger charge is 2.36. The van der Waals surface area contributed by atoms with Crippen molar-refractivity contribution in [2.75, 3.05) is 13.1 Å². The van der Waals surface area contributed by atoms with E-state index in [-0.39, 0.29) is 17.5 Å². The summed E-state index contributed by atoms with van der Waals surface area (Å²) in [4.78, 5) is 27.7. The Kier molecular flexibility index (Phi) is 3.92. The predicted molar refractivity (Wildman–Crippen MR) is 94.4 cm³/mol. The standard InChI is InChI=1S/C18H21N3O2S/c1-12-5-15(24-11-12)7-19-18(23)20-8-13-6-14(10-20)16-3-2-4-17(22)21(16)9-13/h2-5,11,13-14H,6-10H2,1H3,(H,19,23)/t13-,14+/m0/s1. The van der Waals surface area contributed by atoms with E-state index in [1.54, 1.807) is 17.4 Å². The number of nitrogens with zero attached hydrogens (tertiary/aromatic N) is 2. The number of likely N-dealkylation sites (tertiary alicyclic amines) is 1. The summed E-state index contributed by atoms with van der Waals surface area (Å²) in [6.45, 7) is 4.79. The molecule has 126 valence electrons. The van der Waals surface area contributed by atoms with Gasteiger partial charge in [-0.3, -0.25) is 4.79 Å². The van der Waals surface area contributed by atoms with Crippen LogP contribution in [0, 0.1) is 12.8 Å². The molecule has 24 heavy (non-hydrogen) atoms. The zero-order valence-electron chi connectivity index (χ0n) is 13.7. The van der Waals surface area contributed by atoms with Gasteiger partial charge in [0.2, 0.25) is 0 Å². The second-order valence-electron chi connectivity index (χ2n) is 6.85. The zero-order chi connectivity index (χ0) is 16.7. The average Bonchev–Trinajstić information content (AvgIpc) is 2.99. The molecule has 2 aliphatic heterocycles. The molecule has 0 unspecified atom stereocenters. The molecular formula is C18H21N3O2S. The first kappa shape index (κ1) is 15.4. The maximum Gasteiger partial charge on any atom is 0.317 e. The number of carbonyl (C=O) groups excluding carboxylic acids is 1. The topological polar surface area (TPSA) is 54.3 Å². The Morgan fingerprint density at radius 1 is 1.33 bits per heavy atom. The van der Waals surface area contributed by atoms with Crippen molar-refractivity contribution in [3.8, 4) is 0 Å². The number of carbonyl (C=O) groups is 1. The summed E-state index contributed by atoms with van der Waals surface area (Å²) in [6.07, 6.45) is 1.07. The molecule has 2 aliphatic rings. The van der Waals surface area contributed by atoms with Crippen molar-refractivity contribution in [1.29, 1.82) is 0 Å². The largest absolute Gasteiger partial charge is 0.333 e. The SMILES string of the molecule is Cc1csc(CNC(=O)N2C[C@@H]3C[C@H](C2)c2cccc(=O)n2C3)c1. The number of rotatable bonds is 2. The summed E-state index contributed by atoms with van der Waals surface area (Å²) in [5, 5.41) is 5.13. The summed E-state index contributed by atoms with van der Waals surface area (Å²) in [6, 6.07) is 7.59. The fourth-order valence-corrected chi connectivity index (χ4v) is 4.73. The number of nitrogens with one attached hydrogen (secondary N) is 1. The monoisotopic (exact) mass is 343 g/mol. The number of urea groups is 1. The highest BCUT2D eigenvalue weighted by molar-refractivity contribution is 7.10. The molecule has 0 saturated carbocycles. The summed E-state index contributed by atoms with van der Waals surface area (Å²) in [7, 11) is 0. The lowest BCUT2D eigenvalue weighted by Crippen LogP contribution is -2.51. The summed E-state index contributed by atoms with van der Waals surface area (Å²) in [5.74, 6) is 0.632. The van der Waals surface area contributed by atoms with E-state index in [0.29, 0.717) is 19.0 Å². The van der Waals surface area contributed by atoms with E-state index >= 15 is 0 Å². The van der Waals surface area contributed by atoms with Crippen LogP contribution in [-0.2, 0) is 13.1 Å². The maximum absolute atomic E-state index is 12.5. The molecule has 4 rings (SSSR count). The first-order valence-electron chi connectivity index (χ1n) is 8.36. The van der Waals surface area contributed by atoms with Gasteiger partial charge in [0.05, 0.1) is 6.54 Å². The van der Waals surface area contributed by atoms with Crippen LogP contribution in [0.15, 0.2) is 34.4 Å². The zero-order valence-corrected chi connectivity index (χ0v) is 14.5. The van der Waals surface area contributed by atoms with Crippen LogP contribution in [0.4, 0.5) is 4.79 Å². The molecule has 2 aromatic rings. The molecule has 0 aromatic carbocycles. The Labute approximate surface area is 144 Å². The molecule has 2 bridgehead atoms. The van der Waals surface area contributed by atoms with Gasteiger partial charge in [-0.1, -0.05) is 6.07 Å². The van der Waals surface area contributed by atoms with Gasteiger partial charge in [0.1, 0.15) is 0 Å². The van der Waals surface area contributed by atoms with Crippen LogP contribution >= 0.6 is 11.3 Å². The van der Waals surface area contributed by atoms with E-state index in [2.05, 4.69) is 23.7 Å². The summed E-state index contributed by atoms with van der Waals surface area (Å²) in [5.41, 5.74) is 2.39. The van der Waals surface area contributed by atoms with Gasteiger partial charge >= 0.3 is 6.03 Å². The second-order valence-corrected chi connectivity index (χ2v) is 7.85. The fourth-order valence-electron chi connectivity index (χ4n) is 3.92. The van der Waals surface area contributed by atoms with Crippen LogP contribution in [0.25, 0.3) is 0 Å².